The number of halogens is 1. The Bertz CT molecular complexity index is 779. The number of carbonyl (C=O) groups is 1. The molecule has 1 N–H and O–H groups in total. The van der Waals surface area contributed by atoms with Gasteiger partial charge in [0.2, 0.25) is 0 Å². The van der Waals surface area contributed by atoms with Gasteiger partial charge < -0.3 is 5.32 Å². The summed E-state index contributed by atoms with van der Waals surface area (Å²) in [6, 6.07) is 11.4. The second-order valence-corrected chi connectivity index (χ2v) is 7.17. The Morgan fingerprint density at radius 3 is 2.73 bits per heavy atom. The molecule has 0 spiro atoms. The summed E-state index contributed by atoms with van der Waals surface area (Å²) in [5.41, 5.74) is 1.72. The third kappa shape index (κ3) is 3.38. The summed E-state index contributed by atoms with van der Waals surface area (Å²) in [7, 11) is 0. The Morgan fingerprint density at radius 2 is 2.05 bits per heavy atom. The van der Waals surface area contributed by atoms with Gasteiger partial charge in [-0.2, -0.15) is 0 Å². The molecule has 1 aromatic carbocycles. The van der Waals surface area contributed by atoms with Gasteiger partial charge in [0, 0.05) is 15.5 Å². The largest absolute Gasteiger partial charge is 0.346 e. The Hall–Kier alpha value is -1.69. The number of aromatic nitrogens is 1. The standard InChI is InChI=1S/C16H13ClN2OS2/c1-10-14(15(20)18-9-13-3-2-8-21-13)22-16(19-10)11-4-6-12(17)7-5-11/h2-8H,9H2,1H3,(H,18,20). The van der Waals surface area contributed by atoms with Crippen LogP contribution in [-0.4, -0.2) is 10.9 Å². The second kappa shape index (κ2) is 6.60. The van der Waals surface area contributed by atoms with Crippen LogP contribution in [0.2, 0.25) is 5.02 Å². The summed E-state index contributed by atoms with van der Waals surface area (Å²) in [6.07, 6.45) is 0. The van der Waals surface area contributed by atoms with Gasteiger partial charge >= 0.3 is 0 Å². The number of thiophene rings is 1. The van der Waals surface area contributed by atoms with Gasteiger partial charge in [0.15, 0.2) is 0 Å². The highest BCUT2D eigenvalue weighted by Gasteiger charge is 2.16. The van der Waals surface area contributed by atoms with E-state index in [0.717, 1.165) is 21.1 Å². The summed E-state index contributed by atoms with van der Waals surface area (Å²) in [5, 5.41) is 6.45. The zero-order valence-corrected chi connectivity index (χ0v) is 14.2. The lowest BCUT2D eigenvalue weighted by Gasteiger charge is -2.01. The van der Waals surface area contributed by atoms with E-state index in [1.165, 1.54) is 11.3 Å². The molecule has 0 aliphatic heterocycles. The molecular formula is C16H13ClN2OS2. The minimum atomic E-state index is -0.0800. The number of amides is 1. The first-order valence-electron chi connectivity index (χ1n) is 6.67. The average Bonchev–Trinajstić information content (AvgIpc) is 3.15. The Kier molecular flexibility index (Phi) is 4.57. The number of nitrogens with one attached hydrogen (secondary N) is 1. The monoisotopic (exact) mass is 348 g/mol. The number of thiazole rings is 1. The van der Waals surface area contributed by atoms with E-state index < -0.39 is 0 Å². The molecule has 0 atom stereocenters. The number of nitrogens with zero attached hydrogens (tertiary/aromatic N) is 1. The number of carbonyl (C=O) groups excluding carboxylic acids is 1. The van der Waals surface area contributed by atoms with Gasteiger partial charge in [-0.25, -0.2) is 4.98 Å². The molecule has 22 heavy (non-hydrogen) atoms. The van der Waals surface area contributed by atoms with Gasteiger partial charge in [0.1, 0.15) is 9.88 Å². The van der Waals surface area contributed by atoms with Crippen LogP contribution >= 0.6 is 34.3 Å². The molecular weight excluding hydrogens is 336 g/mol. The fraction of sp³-hybridized carbons (Fsp3) is 0.125. The van der Waals surface area contributed by atoms with Gasteiger partial charge in [-0.1, -0.05) is 29.8 Å². The highest BCUT2D eigenvalue weighted by molar-refractivity contribution is 7.17. The zero-order valence-electron chi connectivity index (χ0n) is 11.8. The Balaban J connectivity index is 1.76. The lowest BCUT2D eigenvalue weighted by Crippen LogP contribution is -2.22. The number of benzene rings is 1. The maximum absolute atomic E-state index is 12.3. The van der Waals surface area contributed by atoms with Crippen molar-refractivity contribution in [1.82, 2.24) is 10.3 Å². The third-order valence-electron chi connectivity index (χ3n) is 3.10. The van der Waals surface area contributed by atoms with Crippen molar-refractivity contribution in [2.24, 2.45) is 0 Å². The summed E-state index contributed by atoms with van der Waals surface area (Å²) < 4.78 is 0. The fourth-order valence-electron chi connectivity index (χ4n) is 1.98. The molecule has 0 saturated carbocycles. The van der Waals surface area contributed by atoms with E-state index in [1.54, 1.807) is 11.3 Å². The molecule has 3 nitrogen and oxygen atoms in total. The van der Waals surface area contributed by atoms with E-state index in [0.29, 0.717) is 16.4 Å². The van der Waals surface area contributed by atoms with Crippen molar-refractivity contribution in [2.45, 2.75) is 13.5 Å². The van der Waals surface area contributed by atoms with Crippen LogP contribution in [0.3, 0.4) is 0 Å². The summed E-state index contributed by atoms with van der Waals surface area (Å²) in [5.74, 6) is -0.0800. The van der Waals surface area contributed by atoms with E-state index in [4.69, 9.17) is 11.6 Å². The first kappa shape index (κ1) is 15.2. The summed E-state index contributed by atoms with van der Waals surface area (Å²) >= 11 is 8.93. The summed E-state index contributed by atoms with van der Waals surface area (Å²) in [6.45, 7) is 2.40. The van der Waals surface area contributed by atoms with Crippen LogP contribution in [0.15, 0.2) is 41.8 Å². The first-order chi connectivity index (χ1) is 10.6. The third-order valence-corrected chi connectivity index (χ3v) is 5.43. The van der Waals surface area contributed by atoms with Crippen molar-refractivity contribution in [3.63, 3.8) is 0 Å². The van der Waals surface area contributed by atoms with Gasteiger partial charge in [-0.15, -0.1) is 22.7 Å². The highest BCUT2D eigenvalue weighted by Crippen LogP contribution is 2.28. The molecule has 3 rings (SSSR count). The van der Waals surface area contributed by atoms with Crippen LogP contribution in [-0.2, 0) is 6.54 Å². The van der Waals surface area contributed by atoms with E-state index in [-0.39, 0.29) is 5.91 Å². The quantitative estimate of drug-likeness (QED) is 0.738. The maximum Gasteiger partial charge on any atom is 0.263 e. The van der Waals surface area contributed by atoms with Gasteiger partial charge in [0.25, 0.3) is 5.91 Å². The Morgan fingerprint density at radius 1 is 1.27 bits per heavy atom. The number of hydrogen-bond acceptors (Lipinski definition) is 4. The molecule has 3 aromatic rings. The van der Waals surface area contributed by atoms with Crippen LogP contribution in [0, 0.1) is 6.92 Å². The van der Waals surface area contributed by atoms with Crippen LogP contribution in [0.1, 0.15) is 20.2 Å². The molecule has 112 valence electrons. The molecule has 6 heteroatoms. The van der Waals surface area contributed by atoms with Crippen molar-refractivity contribution < 1.29 is 4.79 Å². The van der Waals surface area contributed by atoms with Crippen LogP contribution in [0.5, 0.6) is 0 Å². The van der Waals surface area contributed by atoms with Crippen LogP contribution in [0.4, 0.5) is 0 Å². The predicted molar refractivity (Wildman–Crippen MR) is 92.8 cm³/mol. The number of aryl methyl sites for hydroxylation is 1. The minimum Gasteiger partial charge on any atom is -0.346 e. The number of hydrogen-bond donors (Lipinski definition) is 1. The van der Waals surface area contributed by atoms with Gasteiger partial charge in [-0.3, -0.25) is 4.79 Å². The topological polar surface area (TPSA) is 42.0 Å². The Labute approximate surface area is 141 Å². The van der Waals surface area contributed by atoms with Crippen molar-refractivity contribution >= 4 is 40.2 Å². The van der Waals surface area contributed by atoms with Crippen LogP contribution in [0.25, 0.3) is 10.6 Å². The molecule has 1 amide bonds. The molecule has 2 aromatic heterocycles. The van der Waals surface area contributed by atoms with E-state index in [1.807, 2.05) is 48.7 Å². The minimum absolute atomic E-state index is 0.0800. The normalized spacial score (nSPS) is 10.6. The fourth-order valence-corrected chi connectivity index (χ4v) is 3.74. The molecule has 0 saturated heterocycles. The lowest BCUT2D eigenvalue weighted by molar-refractivity contribution is 0.0954. The first-order valence-corrected chi connectivity index (χ1v) is 8.75. The predicted octanol–water partition coefficient (Wildman–Crippen LogP) is 4.76. The highest BCUT2D eigenvalue weighted by atomic mass is 35.5. The molecule has 2 heterocycles. The van der Waals surface area contributed by atoms with Crippen molar-refractivity contribution in [3.8, 4) is 10.6 Å². The average molecular weight is 349 g/mol. The molecule has 0 radical (unpaired) electrons. The lowest BCUT2D eigenvalue weighted by atomic mass is 10.2. The van der Waals surface area contributed by atoms with Crippen molar-refractivity contribution in [1.29, 1.82) is 0 Å². The maximum atomic E-state index is 12.3. The molecule has 0 fully saturated rings. The van der Waals surface area contributed by atoms with E-state index in [2.05, 4.69) is 10.3 Å². The second-order valence-electron chi connectivity index (χ2n) is 4.70. The van der Waals surface area contributed by atoms with Crippen LogP contribution < -0.4 is 5.32 Å². The molecule has 0 bridgehead atoms. The van der Waals surface area contributed by atoms with Gasteiger partial charge in [0.05, 0.1) is 12.2 Å². The molecule has 0 unspecified atom stereocenters. The van der Waals surface area contributed by atoms with Gasteiger partial charge in [-0.05, 0) is 30.5 Å². The number of rotatable bonds is 4. The van der Waals surface area contributed by atoms with Crippen molar-refractivity contribution in [3.05, 3.63) is 62.2 Å². The SMILES string of the molecule is Cc1nc(-c2ccc(Cl)cc2)sc1C(=O)NCc1cccs1. The zero-order chi connectivity index (χ0) is 15.5. The van der Waals surface area contributed by atoms with E-state index in [9.17, 15) is 4.79 Å². The van der Waals surface area contributed by atoms with E-state index >= 15 is 0 Å². The van der Waals surface area contributed by atoms with Crippen molar-refractivity contribution in [2.75, 3.05) is 0 Å². The molecule has 0 aliphatic rings. The smallest absolute Gasteiger partial charge is 0.263 e. The summed E-state index contributed by atoms with van der Waals surface area (Å²) in [4.78, 5) is 18.6. The molecule has 0 aliphatic carbocycles.